The van der Waals surface area contributed by atoms with Gasteiger partial charge in [-0.15, -0.1) is 0 Å². The van der Waals surface area contributed by atoms with Gasteiger partial charge in [-0.25, -0.2) is 9.59 Å². The average Bonchev–Trinajstić information content (AvgIpc) is 3.36. The Bertz CT molecular complexity index is 2440. The standard InChI is InChI=1S/C52H72N10O13/c1-7-36-47(68)56-32(5)46(67)60-39(22-18-33-16-19-35(63)20-17-33)49(70)62-41(51(73)74)28-44(65)58-38(14-11-25-55-52(53)54)48(69)59-37(31(4)45(66)61-40(50(71)72)23-24-43(64)57-36)21-15-29(2)26-30(3)42(75-6)27-34-12-9-8-10-13-34/h7-10,12-13,15-17,19-21,26,30-32,37-42,63H,11,14,18,22-25,27-28H2,1-6H3,(H,56,68)(H,57,64)(H,58,65)(H,59,69)(H,60,67)(H,61,66)(H,62,70)(H,71,72)(H,73,74)(H4,53,54,55)/b21-15+,29-26+,36-7-/t30-,31-,32+,37?,38?,39-,40+,41?,42-/m0/s1. The number of amides is 7. The Labute approximate surface area is 435 Å². The normalized spacial score (nSPS) is 23.9. The number of nitrogens with two attached hydrogens (primary N) is 2. The molecule has 2 aromatic carbocycles. The van der Waals surface area contributed by atoms with E-state index in [2.05, 4.69) is 42.2 Å². The number of guanidine groups is 1. The van der Waals surface area contributed by atoms with Crippen LogP contribution in [-0.2, 0) is 60.7 Å². The Hall–Kier alpha value is -8.08. The number of aliphatic imine (C=N–C) groups is 1. The zero-order valence-corrected chi connectivity index (χ0v) is 43.1. The summed E-state index contributed by atoms with van der Waals surface area (Å²) in [6, 6.07) is 6.73. The van der Waals surface area contributed by atoms with E-state index in [1.807, 2.05) is 43.3 Å². The number of methoxy groups -OCH3 is 1. The molecule has 1 saturated heterocycles. The van der Waals surface area contributed by atoms with E-state index in [1.165, 1.54) is 45.1 Å². The summed E-state index contributed by atoms with van der Waals surface area (Å²) in [6.45, 7) is 7.89. The number of carbonyl (C=O) groups excluding carboxylic acids is 7. The lowest BCUT2D eigenvalue weighted by atomic mass is 9.94. The number of aryl methyl sites for hydroxylation is 1. The number of carbonyl (C=O) groups is 9. The molecular weight excluding hydrogens is 973 g/mol. The summed E-state index contributed by atoms with van der Waals surface area (Å²) in [7, 11) is 1.61. The van der Waals surface area contributed by atoms with E-state index in [-0.39, 0.29) is 61.7 Å². The highest BCUT2D eigenvalue weighted by molar-refractivity contribution is 6.00. The van der Waals surface area contributed by atoms with E-state index in [4.69, 9.17) is 16.2 Å². The molecule has 23 nitrogen and oxygen atoms in total. The first-order valence-electron chi connectivity index (χ1n) is 24.5. The van der Waals surface area contributed by atoms with Crippen LogP contribution in [-0.4, -0.2) is 131 Å². The van der Waals surface area contributed by atoms with Crippen molar-refractivity contribution < 1.29 is 63.2 Å². The number of hydrogen-bond donors (Lipinski definition) is 12. The Kier molecular flexibility index (Phi) is 25.2. The number of aromatic hydroxyl groups is 1. The highest BCUT2D eigenvalue weighted by atomic mass is 16.5. The fraction of sp³-hybridized carbons (Fsp3) is 0.462. The number of rotatable bonds is 16. The molecule has 0 radical (unpaired) electrons. The zero-order valence-electron chi connectivity index (χ0n) is 43.1. The maximum absolute atomic E-state index is 14.3. The Morgan fingerprint density at radius 3 is 2.03 bits per heavy atom. The number of ether oxygens (including phenoxy) is 1. The van der Waals surface area contributed by atoms with Gasteiger partial charge in [0.2, 0.25) is 35.4 Å². The van der Waals surface area contributed by atoms with Crippen molar-refractivity contribution in [3.63, 3.8) is 0 Å². The van der Waals surface area contributed by atoms with Crippen LogP contribution < -0.4 is 48.7 Å². The summed E-state index contributed by atoms with van der Waals surface area (Å²) in [5.74, 6) is -11.1. The lowest BCUT2D eigenvalue weighted by Crippen LogP contribution is -2.56. The molecule has 14 N–H and O–H groups in total. The Balaban J connectivity index is 2.09. The number of benzene rings is 2. The number of carboxylic acid groups (broad SMARTS) is 2. The van der Waals surface area contributed by atoms with Crippen molar-refractivity contribution >= 4 is 59.2 Å². The topological polar surface area (TPSA) is 372 Å². The van der Waals surface area contributed by atoms with E-state index in [1.54, 1.807) is 32.2 Å². The molecule has 75 heavy (non-hydrogen) atoms. The predicted molar refractivity (Wildman–Crippen MR) is 277 cm³/mol. The molecule has 408 valence electrons. The molecule has 0 aliphatic carbocycles. The van der Waals surface area contributed by atoms with Crippen molar-refractivity contribution in [3.8, 4) is 5.75 Å². The predicted octanol–water partition coefficient (Wildman–Crippen LogP) is 0.713. The summed E-state index contributed by atoms with van der Waals surface area (Å²) in [4.78, 5) is 125. The quantitative estimate of drug-likeness (QED) is 0.0362. The van der Waals surface area contributed by atoms with Crippen LogP contribution in [0.4, 0.5) is 0 Å². The Morgan fingerprint density at radius 1 is 0.787 bits per heavy atom. The van der Waals surface area contributed by atoms with Gasteiger partial charge in [-0.3, -0.25) is 38.6 Å². The third-order valence-corrected chi connectivity index (χ3v) is 12.2. The van der Waals surface area contributed by atoms with Gasteiger partial charge in [-0.05, 0) is 82.6 Å². The molecule has 2 aromatic rings. The fourth-order valence-corrected chi connectivity index (χ4v) is 7.80. The highest BCUT2D eigenvalue weighted by Gasteiger charge is 2.34. The van der Waals surface area contributed by atoms with Gasteiger partial charge in [0.15, 0.2) is 5.96 Å². The maximum atomic E-state index is 14.3. The van der Waals surface area contributed by atoms with Crippen molar-refractivity contribution in [2.75, 3.05) is 13.7 Å². The van der Waals surface area contributed by atoms with E-state index in [0.717, 1.165) is 5.56 Å². The van der Waals surface area contributed by atoms with Gasteiger partial charge in [-0.2, -0.15) is 0 Å². The van der Waals surface area contributed by atoms with Gasteiger partial charge in [-0.1, -0.05) is 86.2 Å². The molecule has 0 saturated carbocycles. The van der Waals surface area contributed by atoms with Gasteiger partial charge in [0.25, 0.3) is 5.91 Å². The number of nitrogens with one attached hydrogen (secondary N) is 7. The first-order valence-corrected chi connectivity index (χ1v) is 24.5. The summed E-state index contributed by atoms with van der Waals surface area (Å²) >= 11 is 0. The fourth-order valence-electron chi connectivity index (χ4n) is 7.80. The van der Waals surface area contributed by atoms with Gasteiger partial charge >= 0.3 is 11.9 Å². The molecule has 3 rings (SSSR count). The first kappa shape index (κ1) is 61.2. The minimum atomic E-state index is -1.91. The van der Waals surface area contributed by atoms with Crippen LogP contribution in [0, 0.1) is 11.8 Å². The van der Waals surface area contributed by atoms with Gasteiger partial charge < -0.3 is 68.7 Å². The number of carboxylic acids is 2. The maximum Gasteiger partial charge on any atom is 0.326 e. The third kappa shape index (κ3) is 21.5. The summed E-state index contributed by atoms with van der Waals surface area (Å²) in [5, 5.41) is 47.5. The molecule has 7 amide bonds. The lowest BCUT2D eigenvalue weighted by Gasteiger charge is -2.27. The lowest BCUT2D eigenvalue weighted by molar-refractivity contribution is -0.144. The summed E-state index contributed by atoms with van der Waals surface area (Å²) < 4.78 is 5.81. The number of phenolic OH excluding ortho intramolecular Hbond substituents is 1. The van der Waals surface area contributed by atoms with Crippen LogP contribution in [0.5, 0.6) is 5.75 Å². The van der Waals surface area contributed by atoms with Crippen molar-refractivity contribution in [2.24, 2.45) is 28.3 Å². The minimum absolute atomic E-state index is 0.0110. The molecule has 9 atom stereocenters. The number of allylic oxidation sites excluding steroid dienone is 3. The molecule has 0 bridgehead atoms. The van der Waals surface area contributed by atoms with Crippen LogP contribution in [0.15, 0.2) is 95.2 Å². The monoisotopic (exact) mass is 1040 g/mol. The minimum Gasteiger partial charge on any atom is -0.508 e. The molecule has 1 fully saturated rings. The Morgan fingerprint density at radius 2 is 1.41 bits per heavy atom. The number of phenols is 1. The van der Waals surface area contributed by atoms with Crippen LogP contribution in [0.25, 0.3) is 0 Å². The molecule has 1 aliphatic heterocycles. The van der Waals surface area contributed by atoms with Crippen LogP contribution in [0.3, 0.4) is 0 Å². The van der Waals surface area contributed by atoms with Crippen molar-refractivity contribution in [2.45, 2.75) is 128 Å². The number of aliphatic carboxylic acids is 2. The third-order valence-electron chi connectivity index (χ3n) is 12.2. The molecule has 1 aliphatic rings. The van der Waals surface area contributed by atoms with Crippen molar-refractivity contribution in [3.05, 3.63) is 101 Å². The van der Waals surface area contributed by atoms with Crippen molar-refractivity contribution in [1.29, 1.82) is 0 Å². The van der Waals surface area contributed by atoms with E-state index in [9.17, 15) is 58.5 Å². The van der Waals surface area contributed by atoms with E-state index < -0.39 is 115 Å². The first-order chi connectivity index (χ1) is 35.5. The number of hydrogen-bond acceptors (Lipinski definition) is 12. The van der Waals surface area contributed by atoms with Gasteiger partial charge in [0, 0.05) is 26.0 Å². The molecule has 0 spiro atoms. The molecule has 0 aromatic heterocycles. The smallest absolute Gasteiger partial charge is 0.326 e. The van der Waals surface area contributed by atoms with E-state index >= 15 is 0 Å². The average molecular weight is 1050 g/mol. The largest absolute Gasteiger partial charge is 0.508 e. The van der Waals surface area contributed by atoms with Gasteiger partial charge in [0.1, 0.15) is 41.7 Å². The highest BCUT2D eigenvalue weighted by Crippen LogP contribution is 2.19. The molecule has 3 unspecified atom stereocenters. The van der Waals surface area contributed by atoms with Crippen LogP contribution >= 0.6 is 0 Å². The summed E-state index contributed by atoms with van der Waals surface area (Å²) in [5.41, 5.74) is 13.1. The zero-order chi connectivity index (χ0) is 55.8. The van der Waals surface area contributed by atoms with Gasteiger partial charge in [0.05, 0.1) is 24.5 Å². The molecule has 1 heterocycles. The van der Waals surface area contributed by atoms with Crippen molar-refractivity contribution in [1.82, 2.24) is 37.2 Å². The second-order valence-electron chi connectivity index (χ2n) is 18.2. The molecular formula is C52H72N10O13. The van der Waals surface area contributed by atoms with Crippen LogP contribution in [0.2, 0.25) is 0 Å². The van der Waals surface area contributed by atoms with E-state index in [0.29, 0.717) is 17.6 Å². The number of nitrogens with zero attached hydrogens (tertiary/aromatic N) is 1. The van der Waals surface area contributed by atoms with Crippen LogP contribution in [0.1, 0.15) is 84.3 Å². The summed E-state index contributed by atoms with van der Waals surface area (Å²) in [6.07, 6.45) is 4.85. The second kappa shape index (κ2) is 30.8. The SMILES string of the molecule is C/C=C1\NC(=O)CC[C@H](C(=O)O)NC(=O)[C@@H](C)C(/C=C/C(C)=C/[C@H](C)[C@H](Cc2ccccc2)OC)NC(=O)C(CCCN=C(N)N)NC(=O)CC(C(=O)O)NC(=O)[C@H](CCc2ccc(O)cc2)NC(=O)[C@@H](C)NC1=O. The molecule has 23 heteroatoms. The second-order valence-corrected chi connectivity index (χ2v) is 18.2.